The van der Waals surface area contributed by atoms with Crippen LogP contribution >= 0.6 is 0 Å². The molecule has 142 valence electrons. The van der Waals surface area contributed by atoms with E-state index in [2.05, 4.69) is 38.2 Å². The SMILES string of the molecule is CCCCN[C@H](CC)c1nc2ccccc2c(=O)n1-c1ccc(CC)cc1. The largest absolute Gasteiger partial charge is 0.307 e. The van der Waals surface area contributed by atoms with Crippen molar-refractivity contribution in [2.75, 3.05) is 6.54 Å². The molecule has 0 amide bonds. The highest BCUT2D eigenvalue weighted by atomic mass is 16.1. The summed E-state index contributed by atoms with van der Waals surface area (Å²) in [5, 5.41) is 4.25. The van der Waals surface area contributed by atoms with Crippen LogP contribution in [0.2, 0.25) is 0 Å². The van der Waals surface area contributed by atoms with Crippen LogP contribution in [0.25, 0.3) is 16.6 Å². The summed E-state index contributed by atoms with van der Waals surface area (Å²) in [4.78, 5) is 18.3. The number of rotatable bonds is 8. The van der Waals surface area contributed by atoms with Gasteiger partial charge in [0.15, 0.2) is 0 Å². The third-order valence-corrected chi connectivity index (χ3v) is 5.05. The van der Waals surface area contributed by atoms with E-state index in [0.717, 1.165) is 49.3 Å². The van der Waals surface area contributed by atoms with Gasteiger partial charge in [-0.1, -0.05) is 51.5 Å². The third-order valence-electron chi connectivity index (χ3n) is 5.05. The molecular formula is C23H29N3O. The second-order valence-corrected chi connectivity index (χ2v) is 6.92. The number of benzene rings is 2. The second kappa shape index (κ2) is 8.96. The molecule has 0 unspecified atom stereocenters. The molecule has 0 aliphatic rings. The summed E-state index contributed by atoms with van der Waals surface area (Å²) in [6, 6.07) is 15.9. The van der Waals surface area contributed by atoms with Crippen molar-refractivity contribution in [3.05, 3.63) is 70.3 Å². The number of unbranched alkanes of at least 4 members (excludes halogenated alkanes) is 1. The van der Waals surface area contributed by atoms with Crippen LogP contribution in [0, 0.1) is 0 Å². The van der Waals surface area contributed by atoms with Crippen LogP contribution in [0.15, 0.2) is 53.3 Å². The predicted octanol–water partition coefficient (Wildman–Crippen LogP) is 4.79. The van der Waals surface area contributed by atoms with Crippen molar-refractivity contribution >= 4 is 10.9 Å². The molecule has 0 radical (unpaired) electrons. The third kappa shape index (κ3) is 4.11. The molecule has 0 saturated heterocycles. The van der Waals surface area contributed by atoms with E-state index in [1.54, 1.807) is 4.57 Å². The molecule has 0 aliphatic heterocycles. The average Bonchev–Trinajstić information content (AvgIpc) is 2.71. The Morgan fingerprint density at radius 2 is 1.78 bits per heavy atom. The Bertz CT molecular complexity index is 944. The van der Waals surface area contributed by atoms with Gasteiger partial charge in [-0.05, 0) is 55.6 Å². The van der Waals surface area contributed by atoms with Crippen molar-refractivity contribution in [1.82, 2.24) is 14.9 Å². The lowest BCUT2D eigenvalue weighted by Gasteiger charge is -2.22. The fourth-order valence-corrected chi connectivity index (χ4v) is 3.39. The topological polar surface area (TPSA) is 46.9 Å². The maximum absolute atomic E-state index is 13.3. The van der Waals surface area contributed by atoms with Crippen molar-refractivity contribution in [1.29, 1.82) is 0 Å². The molecule has 2 aromatic carbocycles. The number of hydrogen-bond acceptors (Lipinski definition) is 3. The van der Waals surface area contributed by atoms with Crippen LogP contribution in [-0.2, 0) is 6.42 Å². The molecule has 1 heterocycles. The van der Waals surface area contributed by atoms with Crippen LogP contribution < -0.4 is 10.9 Å². The molecule has 0 bridgehead atoms. The number of hydrogen-bond donors (Lipinski definition) is 1. The van der Waals surface area contributed by atoms with Gasteiger partial charge in [0.2, 0.25) is 0 Å². The highest BCUT2D eigenvalue weighted by Gasteiger charge is 2.19. The fourth-order valence-electron chi connectivity index (χ4n) is 3.39. The summed E-state index contributed by atoms with van der Waals surface area (Å²) in [7, 11) is 0. The molecule has 0 saturated carbocycles. The molecule has 1 N–H and O–H groups in total. The van der Waals surface area contributed by atoms with Gasteiger partial charge in [0.1, 0.15) is 5.82 Å². The van der Waals surface area contributed by atoms with Crippen LogP contribution in [0.4, 0.5) is 0 Å². The van der Waals surface area contributed by atoms with Gasteiger partial charge >= 0.3 is 0 Å². The van der Waals surface area contributed by atoms with Gasteiger partial charge in [0, 0.05) is 0 Å². The maximum Gasteiger partial charge on any atom is 0.266 e. The highest BCUT2D eigenvalue weighted by molar-refractivity contribution is 5.77. The molecule has 27 heavy (non-hydrogen) atoms. The predicted molar refractivity (Wildman–Crippen MR) is 113 cm³/mol. The van der Waals surface area contributed by atoms with Crippen LogP contribution in [-0.4, -0.2) is 16.1 Å². The van der Waals surface area contributed by atoms with Crippen molar-refractivity contribution in [3.8, 4) is 5.69 Å². The summed E-state index contributed by atoms with van der Waals surface area (Å²) in [6.45, 7) is 7.37. The zero-order valence-corrected chi connectivity index (χ0v) is 16.5. The Kier molecular flexibility index (Phi) is 6.40. The minimum absolute atomic E-state index is 0.00408. The van der Waals surface area contributed by atoms with Crippen molar-refractivity contribution < 1.29 is 0 Å². The summed E-state index contributed by atoms with van der Waals surface area (Å²) < 4.78 is 1.79. The summed E-state index contributed by atoms with van der Waals surface area (Å²) >= 11 is 0. The number of para-hydroxylation sites is 1. The van der Waals surface area contributed by atoms with E-state index in [4.69, 9.17) is 4.98 Å². The van der Waals surface area contributed by atoms with Crippen molar-refractivity contribution in [2.24, 2.45) is 0 Å². The minimum atomic E-state index is -0.00408. The number of nitrogens with one attached hydrogen (secondary N) is 1. The minimum Gasteiger partial charge on any atom is -0.307 e. The normalized spacial score (nSPS) is 12.4. The number of nitrogens with zero attached hydrogens (tertiary/aromatic N) is 2. The van der Waals surface area contributed by atoms with Gasteiger partial charge in [0.25, 0.3) is 5.56 Å². The van der Waals surface area contributed by atoms with E-state index >= 15 is 0 Å². The van der Waals surface area contributed by atoms with Crippen molar-refractivity contribution in [2.45, 2.75) is 52.5 Å². The smallest absolute Gasteiger partial charge is 0.266 e. The first-order valence-electron chi connectivity index (χ1n) is 10.0. The summed E-state index contributed by atoms with van der Waals surface area (Å²) in [5.41, 5.74) is 2.89. The van der Waals surface area contributed by atoms with Crippen molar-refractivity contribution in [3.63, 3.8) is 0 Å². The molecule has 0 spiro atoms. The molecule has 3 aromatic rings. The highest BCUT2D eigenvalue weighted by Crippen LogP contribution is 2.21. The Morgan fingerprint density at radius 1 is 1.04 bits per heavy atom. The van der Waals surface area contributed by atoms with Gasteiger partial charge in [-0.3, -0.25) is 9.36 Å². The molecule has 4 nitrogen and oxygen atoms in total. The zero-order valence-electron chi connectivity index (χ0n) is 16.5. The molecule has 1 atom stereocenters. The maximum atomic E-state index is 13.3. The molecule has 3 rings (SSSR count). The van der Waals surface area contributed by atoms with Gasteiger partial charge < -0.3 is 5.32 Å². The first-order chi connectivity index (χ1) is 13.2. The first kappa shape index (κ1) is 19.3. The van der Waals surface area contributed by atoms with Gasteiger partial charge in [-0.25, -0.2) is 4.98 Å². The Morgan fingerprint density at radius 3 is 2.44 bits per heavy atom. The van der Waals surface area contributed by atoms with E-state index in [1.165, 1.54) is 5.56 Å². The van der Waals surface area contributed by atoms with Crippen LogP contribution in [0.5, 0.6) is 0 Å². The van der Waals surface area contributed by atoms with Crippen LogP contribution in [0.3, 0.4) is 0 Å². The Labute approximate surface area is 161 Å². The number of fused-ring (bicyclic) bond motifs is 1. The second-order valence-electron chi connectivity index (χ2n) is 6.92. The van der Waals surface area contributed by atoms with E-state index in [-0.39, 0.29) is 11.6 Å². The zero-order chi connectivity index (χ0) is 19.2. The van der Waals surface area contributed by atoms with E-state index in [9.17, 15) is 4.79 Å². The lowest BCUT2D eigenvalue weighted by atomic mass is 10.1. The average molecular weight is 364 g/mol. The summed E-state index contributed by atoms with van der Waals surface area (Å²) in [5.74, 6) is 0.793. The van der Waals surface area contributed by atoms with Crippen LogP contribution in [0.1, 0.15) is 57.5 Å². The Hall–Kier alpha value is -2.46. The molecular weight excluding hydrogens is 334 g/mol. The standard InChI is InChI=1S/C23H29N3O/c1-4-7-16-24-20(6-3)22-25-21-11-9-8-10-19(21)23(27)26(22)18-14-12-17(5-2)13-15-18/h8-15,20,24H,4-7,16H2,1-3H3/t20-/m1/s1. The van der Waals surface area contributed by atoms with E-state index < -0.39 is 0 Å². The number of aromatic nitrogens is 2. The van der Waals surface area contributed by atoms with E-state index in [1.807, 2.05) is 36.4 Å². The summed E-state index contributed by atoms with van der Waals surface area (Å²) in [6.07, 6.45) is 4.11. The molecule has 0 aliphatic carbocycles. The molecule has 1 aromatic heterocycles. The van der Waals surface area contributed by atoms with Gasteiger partial charge in [0.05, 0.1) is 22.6 Å². The molecule has 4 heteroatoms. The first-order valence-corrected chi connectivity index (χ1v) is 10.0. The Balaban J connectivity index is 2.18. The van der Waals surface area contributed by atoms with E-state index in [0.29, 0.717) is 5.39 Å². The van der Waals surface area contributed by atoms with Gasteiger partial charge in [-0.15, -0.1) is 0 Å². The quantitative estimate of drug-likeness (QED) is 0.585. The van der Waals surface area contributed by atoms with Gasteiger partial charge in [-0.2, -0.15) is 0 Å². The lowest BCUT2D eigenvalue weighted by molar-refractivity contribution is 0.476. The molecule has 0 fully saturated rings. The lowest BCUT2D eigenvalue weighted by Crippen LogP contribution is -2.31. The fraction of sp³-hybridized carbons (Fsp3) is 0.391. The number of aryl methyl sites for hydroxylation is 1. The monoisotopic (exact) mass is 363 g/mol.